The number of benzene rings is 2. The lowest BCUT2D eigenvalue weighted by molar-refractivity contribution is 0.480. The van der Waals surface area contributed by atoms with Crippen LogP contribution in [0.15, 0.2) is 42.5 Å². The monoisotopic (exact) mass is 267 g/mol. The van der Waals surface area contributed by atoms with Gasteiger partial charge in [-0.1, -0.05) is 18.2 Å². The van der Waals surface area contributed by atoms with Gasteiger partial charge in [-0.25, -0.2) is 0 Å². The summed E-state index contributed by atoms with van der Waals surface area (Å²) in [7, 11) is 0. The molecule has 0 spiro atoms. The van der Waals surface area contributed by atoms with Gasteiger partial charge >= 0.3 is 0 Å². The van der Waals surface area contributed by atoms with Gasteiger partial charge in [-0.05, 0) is 67.6 Å². The second kappa shape index (κ2) is 5.68. The van der Waals surface area contributed by atoms with Crippen LogP contribution in [0.3, 0.4) is 0 Å². The second-order valence-corrected chi connectivity index (χ2v) is 5.73. The normalized spacial score (nSPS) is 14.3. The Balaban J connectivity index is 1.70. The van der Waals surface area contributed by atoms with Gasteiger partial charge in [-0.3, -0.25) is 0 Å². The van der Waals surface area contributed by atoms with E-state index in [1.165, 1.54) is 29.5 Å². The van der Waals surface area contributed by atoms with Gasteiger partial charge < -0.3 is 10.1 Å². The van der Waals surface area contributed by atoms with Crippen LogP contribution in [0.1, 0.15) is 29.5 Å². The Hall–Kier alpha value is -1.80. The second-order valence-electron chi connectivity index (χ2n) is 5.73. The third kappa shape index (κ3) is 3.61. The Morgan fingerprint density at radius 3 is 2.45 bits per heavy atom. The first-order chi connectivity index (χ1) is 9.69. The van der Waals surface area contributed by atoms with Crippen molar-refractivity contribution in [3.05, 3.63) is 59.2 Å². The standard InChI is InChI=1S/C18H21NO/c1-13-8-14(2)10-18(9-13)20-17-5-3-4-15(11-17)12-19-16-6-7-16/h3-5,8-11,16,19H,6-7,12H2,1-2H3. The molecule has 2 heteroatoms. The lowest BCUT2D eigenvalue weighted by Gasteiger charge is -2.10. The highest BCUT2D eigenvalue weighted by molar-refractivity contribution is 5.38. The lowest BCUT2D eigenvalue weighted by Crippen LogP contribution is -2.15. The van der Waals surface area contributed by atoms with E-state index in [9.17, 15) is 0 Å². The van der Waals surface area contributed by atoms with Gasteiger partial charge in [0, 0.05) is 12.6 Å². The Labute approximate surface area is 120 Å². The maximum atomic E-state index is 5.98. The van der Waals surface area contributed by atoms with Gasteiger partial charge in [-0.15, -0.1) is 0 Å². The minimum atomic E-state index is 0.735. The van der Waals surface area contributed by atoms with Crippen LogP contribution in [-0.2, 0) is 6.54 Å². The highest BCUT2D eigenvalue weighted by atomic mass is 16.5. The molecule has 0 aromatic heterocycles. The van der Waals surface area contributed by atoms with E-state index in [4.69, 9.17) is 4.74 Å². The van der Waals surface area contributed by atoms with Crippen molar-refractivity contribution in [3.63, 3.8) is 0 Å². The van der Waals surface area contributed by atoms with E-state index in [2.05, 4.69) is 55.6 Å². The highest BCUT2D eigenvalue weighted by Crippen LogP contribution is 2.25. The average molecular weight is 267 g/mol. The van der Waals surface area contributed by atoms with Crippen LogP contribution in [0.5, 0.6) is 11.5 Å². The molecule has 0 bridgehead atoms. The fraction of sp³-hybridized carbons (Fsp3) is 0.333. The first-order valence-electron chi connectivity index (χ1n) is 7.27. The van der Waals surface area contributed by atoms with Crippen LogP contribution < -0.4 is 10.1 Å². The van der Waals surface area contributed by atoms with Crippen molar-refractivity contribution in [2.24, 2.45) is 0 Å². The molecule has 20 heavy (non-hydrogen) atoms. The van der Waals surface area contributed by atoms with E-state index in [1.807, 2.05) is 6.07 Å². The molecular weight excluding hydrogens is 246 g/mol. The van der Waals surface area contributed by atoms with Gasteiger partial charge in [0.2, 0.25) is 0 Å². The van der Waals surface area contributed by atoms with Crippen molar-refractivity contribution in [1.29, 1.82) is 0 Å². The van der Waals surface area contributed by atoms with E-state index in [0.717, 1.165) is 24.1 Å². The fourth-order valence-corrected chi connectivity index (χ4v) is 2.40. The summed E-state index contributed by atoms with van der Waals surface area (Å²) >= 11 is 0. The number of aryl methyl sites for hydroxylation is 2. The highest BCUT2D eigenvalue weighted by Gasteiger charge is 2.19. The topological polar surface area (TPSA) is 21.3 Å². The van der Waals surface area contributed by atoms with Gasteiger partial charge in [0.15, 0.2) is 0 Å². The van der Waals surface area contributed by atoms with Crippen LogP contribution in [0.2, 0.25) is 0 Å². The van der Waals surface area contributed by atoms with Crippen LogP contribution in [0.25, 0.3) is 0 Å². The summed E-state index contributed by atoms with van der Waals surface area (Å²) in [4.78, 5) is 0. The molecule has 0 heterocycles. The average Bonchev–Trinajstić information content (AvgIpc) is 3.19. The number of hydrogen-bond acceptors (Lipinski definition) is 2. The molecule has 0 radical (unpaired) electrons. The molecule has 1 N–H and O–H groups in total. The van der Waals surface area contributed by atoms with E-state index >= 15 is 0 Å². The Morgan fingerprint density at radius 2 is 1.75 bits per heavy atom. The van der Waals surface area contributed by atoms with Crippen molar-refractivity contribution >= 4 is 0 Å². The first-order valence-corrected chi connectivity index (χ1v) is 7.27. The SMILES string of the molecule is Cc1cc(C)cc(Oc2cccc(CNC3CC3)c2)c1. The summed E-state index contributed by atoms with van der Waals surface area (Å²) in [6, 6.07) is 15.4. The zero-order valence-corrected chi connectivity index (χ0v) is 12.1. The van der Waals surface area contributed by atoms with E-state index in [0.29, 0.717) is 0 Å². The molecule has 2 aromatic rings. The summed E-state index contributed by atoms with van der Waals surface area (Å²) in [5, 5.41) is 3.53. The van der Waals surface area contributed by atoms with E-state index < -0.39 is 0 Å². The molecule has 0 unspecified atom stereocenters. The third-order valence-corrected chi connectivity index (χ3v) is 3.50. The zero-order valence-electron chi connectivity index (χ0n) is 12.1. The Morgan fingerprint density at radius 1 is 1.00 bits per heavy atom. The Bertz CT molecular complexity index is 582. The van der Waals surface area contributed by atoms with Crippen LogP contribution in [0, 0.1) is 13.8 Å². The minimum absolute atomic E-state index is 0.735. The number of nitrogens with one attached hydrogen (secondary N) is 1. The maximum Gasteiger partial charge on any atom is 0.127 e. The molecule has 0 atom stereocenters. The molecule has 1 saturated carbocycles. The van der Waals surface area contributed by atoms with Gasteiger partial charge in [0.05, 0.1) is 0 Å². The van der Waals surface area contributed by atoms with E-state index in [-0.39, 0.29) is 0 Å². The zero-order chi connectivity index (χ0) is 13.9. The lowest BCUT2D eigenvalue weighted by atomic mass is 10.1. The molecule has 1 aliphatic carbocycles. The molecule has 1 fully saturated rings. The fourth-order valence-electron chi connectivity index (χ4n) is 2.40. The molecule has 0 amide bonds. The van der Waals surface area contributed by atoms with Crippen molar-refractivity contribution in [2.45, 2.75) is 39.3 Å². The molecule has 0 saturated heterocycles. The predicted octanol–water partition coefficient (Wildman–Crippen LogP) is 4.35. The number of hydrogen-bond donors (Lipinski definition) is 1. The Kier molecular flexibility index (Phi) is 3.75. The summed E-state index contributed by atoms with van der Waals surface area (Å²) in [6.07, 6.45) is 2.64. The smallest absolute Gasteiger partial charge is 0.127 e. The summed E-state index contributed by atoms with van der Waals surface area (Å²) in [5.41, 5.74) is 3.73. The van der Waals surface area contributed by atoms with Crippen molar-refractivity contribution < 1.29 is 4.74 Å². The van der Waals surface area contributed by atoms with Crippen molar-refractivity contribution in [3.8, 4) is 11.5 Å². The van der Waals surface area contributed by atoms with Crippen LogP contribution in [-0.4, -0.2) is 6.04 Å². The quantitative estimate of drug-likeness (QED) is 0.869. The van der Waals surface area contributed by atoms with Crippen molar-refractivity contribution in [2.75, 3.05) is 0 Å². The molecular formula is C18H21NO. The minimum Gasteiger partial charge on any atom is -0.457 e. The predicted molar refractivity (Wildman–Crippen MR) is 82.3 cm³/mol. The van der Waals surface area contributed by atoms with E-state index in [1.54, 1.807) is 0 Å². The molecule has 3 rings (SSSR count). The van der Waals surface area contributed by atoms with Gasteiger partial charge in [-0.2, -0.15) is 0 Å². The number of ether oxygens (including phenoxy) is 1. The largest absolute Gasteiger partial charge is 0.457 e. The first kappa shape index (κ1) is 13.2. The molecule has 1 aliphatic rings. The van der Waals surface area contributed by atoms with Crippen LogP contribution >= 0.6 is 0 Å². The number of rotatable bonds is 5. The molecule has 2 aromatic carbocycles. The van der Waals surface area contributed by atoms with Crippen LogP contribution in [0.4, 0.5) is 0 Å². The van der Waals surface area contributed by atoms with Gasteiger partial charge in [0.25, 0.3) is 0 Å². The molecule has 0 aliphatic heterocycles. The third-order valence-electron chi connectivity index (χ3n) is 3.50. The van der Waals surface area contributed by atoms with Crippen molar-refractivity contribution in [1.82, 2.24) is 5.32 Å². The maximum absolute atomic E-state index is 5.98. The van der Waals surface area contributed by atoms with Gasteiger partial charge in [0.1, 0.15) is 11.5 Å². The molecule has 2 nitrogen and oxygen atoms in total. The summed E-state index contributed by atoms with van der Waals surface area (Å²) < 4.78 is 5.98. The summed E-state index contributed by atoms with van der Waals surface area (Å²) in [5.74, 6) is 1.82. The summed E-state index contributed by atoms with van der Waals surface area (Å²) in [6.45, 7) is 5.11. The molecule has 104 valence electrons.